The Morgan fingerprint density at radius 1 is 0.757 bits per heavy atom. The third kappa shape index (κ3) is 4.85. The van der Waals surface area contributed by atoms with Gasteiger partial charge in [-0.05, 0) is 54.1 Å². The molecule has 0 saturated heterocycles. The standard InChI is InChI=1S/C27H26N2O7.ClH/c1-32-18-10-15(11-19(12-18)33-2)24-20-13-22(34-3)23(35-4)14-21(20)26(30)29(25(24)27(31)36-5)17-8-6-16(28)7-9-17;/h6-14H,28H2,1-5H3;1H. The number of methoxy groups -OCH3 is 5. The first-order chi connectivity index (χ1) is 17.4. The predicted octanol–water partition coefficient (Wildman–Crippen LogP) is 4.48. The van der Waals surface area contributed by atoms with Gasteiger partial charge in [-0.1, -0.05) is 0 Å². The highest BCUT2D eigenvalue weighted by Crippen LogP contribution is 2.40. The Bertz CT molecular complexity index is 1490. The van der Waals surface area contributed by atoms with Gasteiger partial charge in [-0.25, -0.2) is 4.79 Å². The monoisotopic (exact) mass is 526 g/mol. The second kappa shape index (κ2) is 11.1. The number of carbonyl (C=O) groups is 1. The number of halogens is 1. The molecular formula is C27H27ClN2O7. The number of nitrogens with two attached hydrogens (primary N) is 1. The van der Waals surface area contributed by atoms with E-state index in [0.29, 0.717) is 56.3 Å². The number of nitrogen functional groups attached to an aromatic ring is 1. The van der Waals surface area contributed by atoms with E-state index >= 15 is 0 Å². The smallest absolute Gasteiger partial charge is 0.355 e. The Morgan fingerprint density at radius 2 is 1.30 bits per heavy atom. The maximum absolute atomic E-state index is 13.9. The van der Waals surface area contributed by atoms with Crippen LogP contribution in [0.15, 0.2) is 59.4 Å². The summed E-state index contributed by atoms with van der Waals surface area (Å²) in [5, 5.41) is 0.758. The van der Waals surface area contributed by atoms with Crippen LogP contribution in [0.25, 0.3) is 27.6 Å². The van der Waals surface area contributed by atoms with Gasteiger partial charge in [0.15, 0.2) is 11.5 Å². The number of ether oxygens (including phenoxy) is 5. The minimum absolute atomic E-state index is 0. The number of nitrogens with zero attached hydrogens (tertiary/aromatic N) is 1. The van der Waals surface area contributed by atoms with E-state index in [1.54, 1.807) is 54.6 Å². The third-order valence-corrected chi connectivity index (χ3v) is 5.86. The molecule has 0 aliphatic carbocycles. The van der Waals surface area contributed by atoms with E-state index in [0.717, 1.165) is 0 Å². The topological polar surface area (TPSA) is 111 Å². The van der Waals surface area contributed by atoms with Gasteiger partial charge < -0.3 is 29.4 Å². The number of benzene rings is 3. The minimum atomic E-state index is -0.711. The first-order valence-corrected chi connectivity index (χ1v) is 10.9. The average Bonchev–Trinajstić information content (AvgIpc) is 2.91. The quantitative estimate of drug-likeness (QED) is 0.277. The van der Waals surface area contributed by atoms with Crippen LogP contribution in [0.3, 0.4) is 0 Å². The molecule has 0 aliphatic rings. The zero-order chi connectivity index (χ0) is 26.0. The van der Waals surface area contributed by atoms with Gasteiger partial charge in [0.1, 0.15) is 17.2 Å². The number of aromatic nitrogens is 1. The van der Waals surface area contributed by atoms with Crippen molar-refractivity contribution < 1.29 is 28.5 Å². The summed E-state index contributed by atoms with van der Waals surface area (Å²) >= 11 is 0. The van der Waals surface area contributed by atoms with Crippen molar-refractivity contribution >= 4 is 34.8 Å². The lowest BCUT2D eigenvalue weighted by atomic mass is 9.95. The van der Waals surface area contributed by atoms with E-state index in [9.17, 15) is 9.59 Å². The highest BCUT2D eigenvalue weighted by Gasteiger charge is 2.27. The van der Waals surface area contributed by atoms with Crippen LogP contribution in [0.1, 0.15) is 10.5 Å². The van der Waals surface area contributed by atoms with Gasteiger partial charge in [-0.15, -0.1) is 12.4 Å². The maximum Gasteiger partial charge on any atom is 0.355 e. The second-order valence-corrected chi connectivity index (χ2v) is 7.80. The van der Waals surface area contributed by atoms with Crippen molar-refractivity contribution in [2.75, 3.05) is 41.3 Å². The Morgan fingerprint density at radius 3 is 1.78 bits per heavy atom. The Kier molecular flexibility index (Phi) is 8.19. The molecule has 37 heavy (non-hydrogen) atoms. The lowest BCUT2D eigenvalue weighted by Crippen LogP contribution is -2.27. The molecule has 0 bridgehead atoms. The lowest BCUT2D eigenvalue weighted by Gasteiger charge is -2.20. The van der Waals surface area contributed by atoms with Crippen molar-refractivity contribution in [3.05, 3.63) is 70.6 Å². The highest BCUT2D eigenvalue weighted by molar-refractivity contribution is 6.08. The first-order valence-electron chi connectivity index (χ1n) is 10.9. The molecule has 1 aromatic heterocycles. The van der Waals surface area contributed by atoms with Crippen molar-refractivity contribution in [1.29, 1.82) is 0 Å². The summed E-state index contributed by atoms with van der Waals surface area (Å²) in [4.78, 5) is 27.3. The summed E-state index contributed by atoms with van der Waals surface area (Å²) < 4.78 is 28.4. The highest BCUT2D eigenvalue weighted by atomic mass is 35.5. The van der Waals surface area contributed by atoms with Crippen molar-refractivity contribution in [2.24, 2.45) is 0 Å². The number of esters is 1. The first kappa shape index (κ1) is 27.2. The molecule has 10 heteroatoms. The molecule has 2 N–H and O–H groups in total. The normalized spacial score (nSPS) is 10.4. The van der Waals surface area contributed by atoms with Crippen LogP contribution >= 0.6 is 12.4 Å². The molecule has 0 fully saturated rings. The summed E-state index contributed by atoms with van der Waals surface area (Å²) in [5.74, 6) is 1.04. The summed E-state index contributed by atoms with van der Waals surface area (Å²) in [5.41, 5.74) is 7.37. The van der Waals surface area contributed by atoms with Crippen molar-refractivity contribution in [3.63, 3.8) is 0 Å². The molecule has 0 saturated carbocycles. The molecule has 4 aromatic rings. The summed E-state index contributed by atoms with van der Waals surface area (Å²) in [7, 11) is 7.30. The number of anilines is 1. The molecule has 3 aromatic carbocycles. The van der Waals surface area contributed by atoms with Crippen molar-refractivity contribution in [3.8, 4) is 39.8 Å². The number of pyridine rings is 1. The van der Waals surface area contributed by atoms with E-state index in [1.165, 1.54) is 40.1 Å². The number of fused-ring (bicyclic) bond motifs is 1. The average molecular weight is 527 g/mol. The van der Waals surface area contributed by atoms with Crippen LogP contribution in [0.4, 0.5) is 5.69 Å². The molecule has 0 unspecified atom stereocenters. The molecule has 194 valence electrons. The fraction of sp³-hybridized carbons (Fsp3) is 0.185. The van der Waals surface area contributed by atoms with E-state index in [-0.39, 0.29) is 18.1 Å². The molecule has 0 amide bonds. The van der Waals surface area contributed by atoms with E-state index in [1.807, 2.05) is 0 Å². The SMILES string of the molecule is COC(=O)c1c(-c2cc(OC)cc(OC)c2)c2cc(OC)c(OC)cc2c(=O)n1-c1ccc(N)cc1.Cl. The van der Waals surface area contributed by atoms with Crippen molar-refractivity contribution in [1.82, 2.24) is 4.57 Å². The minimum Gasteiger partial charge on any atom is -0.497 e. The predicted molar refractivity (Wildman–Crippen MR) is 144 cm³/mol. The van der Waals surface area contributed by atoms with Crippen molar-refractivity contribution in [2.45, 2.75) is 0 Å². The van der Waals surface area contributed by atoms with E-state index in [2.05, 4.69) is 0 Å². The van der Waals surface area contributed by atoms with Gasteiger partial charge in [0.05, 0.1) is 40.9 Å². The number of carbonyl (C=O) groups excluding carboxylic acids is 1. The summed E-state index contributed by atoms with van der Waals surface area (Å²) in [6.45, 7) is 0. The van der Waals surface area contributed by atoms with Crippen LogP contribution in [0.5, 0.6) is 23.0 Å². The van der Waals surface area contributed by atoms with Crippen LogP contribution in [0.2, 0.25) is 0 Å². The zero-order valence-electron chi connectivity index (χ0n) is 21.0. The molecule has 1 heterocycles. The van der Waals surface area contributed by atoms with Gasteiger partial charge in [-0.3, -0.25) is 9.36 Å². The molecule has 0 aliphatic heterocycles. The molecule has 0 spiro atoms. The van der Waals surface area contributed by atoms with E-state index in [4.69, 9.17) is 29.4 Å². The van der Waals surface area contributed by atoms with E-state index < -0.39 is 11.5 Å². The van der Waals surface area contributed by atoms with Gasteiger partial charge in [0.2, 0.25) is 0 Å². The fourth-order valence-electron chi connectivity index (χ4n) is 4.13. The number of rotatable bonds is 7. The van der Waals surface area contributed by atoms with Gasteiger partial charge >= 0.3 is 5.97 Å². The summed E-state index contributed by atoms with van der Waals surface area (Å²) in [6, 6.07) is 15.1. The van der Waals surface area contributed by atoms with Crippen LogP contribution in [0, 0.1) is 0 Å². The lowest BCUT2D eigenvalue weighted by molar-refractivity contribution is 0.0591. The zero-order valence-corrected chi connectivity index (χ0v) is 21.8. The molecule has 0 atom stereocenters. The summed E-state index contributed by atoms with van der Waals surface area (Å²) in [6.07, 6.45) is 0. The van der Waals surface area contributed by atoms with Gasteiger partial charge in [0.25, 0.3) is 5.56 Å². The Hall–Kier alpha value is -4.37. The molecule has 9 nitrogen and oxygen atoms in total. The Balaban J connectivity index is 0.00000380. The molecular weight excluding hydrogens is 500 g/mol. The van der Waals surface area contributed by atoms with Gasteiger partial charge in [-0.2, -0.15) is 0 Å². The Labute approximate surface area is 219 Å². The number of hydrogen-bond acceptors (Lipinski definition) is 8. The molecule has 4 rings (SSSR count). The number of hydrogen-bond donors (Lipinski definition) is 1. The molecule has 0 radical (unpaired) electrons. The van der Waals surface area contributed by atoms with Gasteiger partial charge in [0, 0.05) is 28.4 Å². The maximum atomic E-state index is 13.9. The van der Waals surface area contributed by atoms with Crippen LogP contribution in [-0.2, 0) is 4.74 Å². The third-order valence-electron chi connectivity index (χ3n) is 5.86. The second-order valence-electron chi connectivity index (χ2n) is 7.80. The van der Waals surface area contributed by atoms with Crippen LogP contribution < -0.4 is 30.2 Å². The largest absolute Gasteiger partial charge is 0.497 e. The van der Waals surface area contributed by atoms with Crippen LogP contribution in [-0.4, -0.2) is 46.1 Å². The fourth-order valence-corrected chi connectivity index (χ4v) is 4.13.